The summed E-state index contributed by atoms with van der Waals surface area (Å²) in [6.07, 6.45) is 4.19. The van der Waals surface area contributed by atoms with Gasteiger partial charge in [0.25, 0.3) is 0 Å². The fraction of sp³-hybridized carbons (Fsp3) is 0.933. The van der Waals surface area contributed by atoms with Gasteiger partial charge in [0.1, 0.15) is 0 Å². The third-order valence-corrected chi connectivity index (χ3v) is 4.92. The monoisotopic (exact) mass is 267 g/mol. The van der Waals surface area contributed by atoms with Crippen LogP contribution >= 0.6 is 0 Å². The minimum Gasteiger partial charge on any atom is -0.345 e. The van der Waals surface area contributed by atoms with Gasteiger partial charge in [0.2, 0.25) is 5.91 Å². The standard InChI is InChI=1S/C15H29N3O/c1-11-8-13(16)4-5-14(11)15(19)18(3)10-12-6-7-17(2)9-12/h11-14H,4-10,16H2,1-3H3. The van der Waals surface area contributed by atoms with Gasteiger partial charge in [-0.2, -0.15) is 0 Å². The number of rotatable bonds is 3. The quantitative estimate of drug-likeness (QED) is 0.835. The minimum absolute atomic E-state index is 0.198. The number of carbonyl (C=O) groups excluding carboxylic acids is 1. The van der Waals surface area contributed by atoms with Crippen LogP contribution in [-0.4, -0.2) is 55.5 Å². The molecule has 4 unspecified atom stereocenters. The Bertz CT molecular complexity index is 321. The van der Waals surface area contributed by atoms with E-state index < -0.39 is 0 Å². The predicted molar refractivity (Wildman–Crippen MR) is 77.7 cm³/mol. The number of carbonyl (C=O) groups is 1. The zero-order valence-electron chi connectivity index (χ0n) is 12.6. The second-order valence-corrected chi connectivity index (χ2v) is 6.79. The average Bonchev–Trinajstić information content (AvgIpc) is 2.74. The molecule has 0 spiro atoms. The van der Waals surface area contributed by atoms with Gasteiger partial charge in [0.05, 0.1) is 0 Å². The third kappa shape index (κ3) is 3.69. The number of likely N-dealkylation sites (tertiary alicyclic amines) is 1. The summed E-state index contributed by atoms with van der Waals surface area (Å²) in [6, 6.07) is 0.299. The van der Waals surface area contributed by atoms with Crippen LogP contribution in [0.4, 0.5) is 0 Å². The number of nitrogens with zero attached hydrogens (tertiary/aromatic N) is 2. The van der Waals surface area contributed by atoms with Crippen molar-refractivity contribution in [2.45, 2.75) is 38.6 Å². The van der Waals surface area contributed by atoms with E-state index in [1.165, 1.54) is 13.0 Å². The summed E-state index contributed by atoms with van der Waals surface area (Å²) < 4.78 is 0. The molecule has 4 atom stereocenters. The van der Waals surface area contributed by atoms with E-state index in [1.807, 2.05) is 11.9 Å². The number of nitrogens with two attached hydrogens (primary N) is 1. The molecule has 1 aliphatic heterocycles. The second-order valence-electron chi connectivity index (χ2n) is 6.79. The number of hydrogen-bond donors (Lipinski definition) is 1. The van der Waals surface area contributed by atoms with Crippen molar-refractivity contribution < 1.29 is 4.79 Å². The van der Waals surface area contributed by atoms with Crippen LogP contribution in [0.2, 0.25) is 0 Å². The van der Waals surface area contributed by atoms with E-state index in [-0.39, 0.29) is 5.92 Å². The van der Waals surface area contributed by atoms with Gasteiger partial charge in [0.15, 0.2) is 0 Å². The number of amides is 1. The number of hydrogen-bond acceptors (Lipinski definition) is 3. The molecule has 1 saturated carbocycles. The summed E-state index contributed by atoms with van der Waals surface area (Å²) in [7, 11) is 4.13. The first-order valence-corrected chi connectivity index (χ1v) is 7.66. The molecule has 0 radical (unpaired) electrons. The molecule has 1 heterocycles. The zero-order valence-corrected chi connectivity index (χ0v) is 12.6. The molecular weight excluding hydrogens is 238 g/mol. The Morgan fingerprint density at radius 2 is 2.11 bits per heavy atom. The highest BCUT2D eigenvalue weighted by molar-refractivity contribution is 5.79. The smallest absolute Gasteiger partial charge is 0.225 e. The van der Waals surface area contributed by atoms with Gasteiger partial charge in [0, 0.05) is 32.1 Å². The molecule has 0 aromatic carbocycles. The molecule has 4 heteroatoms. The van der Waals surface area contributed by atoms with Crippen molar-refractivity contribution in [3.8, 4) is 0 Å². The minimum atomic E-state index is 0.198. The van der Waals surface area contributed by atoms with E-state index >= 15 is 0 Å². The average molecular weight is 267 g/mol. The lowest BCUT2D eigenvalue weighted by molar-refractivity contribution is -0.137. The Balaban J connectivity index is 1.84. The molecule has 2 N–H and O–H groups in total. The molecule has 2 aliphatic rings. The molecule has 2 fully saturated rings. The highest BCUT2D eigenvalue weighted by Gasteiger charge is 2.33. The summed E-state index contributed by atoms with van der Waals surface area (Å²) in [5.74, 6) is 1.63. The van der Waals surface area contributed by atoms with E-state index in [0.29, 0.717) is 23.8 Å². The highest BCUT2D eigenvalue weighted by atomic mass is 16.2. The van der Waals surface area contributed by atoms with E-state index in [9.17, 15) is 4.79 Å². The maximum atomic E-state index is 12.6. The van der Waals surface area contributed by atoms with E-state index in [4.69, 9.17) is 5.73 Å². The molecule has 0 aromatic rings. The molecule has 19 heavy (non-hydrogen) atoms. The highest BCUT2D eigenvalue weighted by Crippen LogP contribution is 2.30. The van der Waals surface area contributed by atoms with Crippen LogP contribution in [0.5, 0.6) is 0 Å². The van der Waals surface area contributed by atoms with E-state index in [2.05, 4.69) is 18.9 Å². The van der Waals surface area contributed by atoms with Crippen LogP contribution < -0.4 is 5.73 Å². The molecule has 1 amide bonds. The van der Waals surface area contributed by atoms with Crippen molar-refractivity contribution in [3.05, 3.63) is 0 Å². The van der Waals surface area contributed by atoms with E-state index in [0.717, 1.165) is 32.4 Å². The van der Waals surface area contributed by atoms with Crippen molar-refractivity contribution in [2.75, 3.05) is 33.7 Å². The second kappa shape index (κ2) is 6.23. The Morgan fingerprint density at radius 1 is 1.37 bits per heavy atom. The molecule has 1 aliphatic carbocycles. The van der Waals surface area contributed by atoms with Gasteiger partial charge in [-0.3, -0.25) is 4.79 Å². The molecular formula is C15H29N3O. The van der Waals surface area contributed by atoms with Gasteiger partial charge in [-0.05, 0) is 51.1 Å². The topological polar surface area (TPSA) is 49.6 Å². The van der Waals surface area contributed by atoms with Crippen LogP contribution in [0.25, 0.3) is 0 Å². The summed E-state index contributed by atoms with van der Waals surface area (Å²) in [5, 5.41) is 0. The van der Waals surface area contributed by atoms with Crippen LogP contribution in [0.15, 0.2) is 0 Å². The molecule has 1 saturated heterocycles. The van der Waals surface area contributed by atoms with Gasteiger partial charge in [-0.1, -0.05) is 6.92 Å². The first-order valence-electron chi connectivity index (χ1n) is 7.66. The SMILES string of the molecule is CC1CC(N)CCC1C(=O)N(C)CC1CCN(C)C1. The van der Waals surface area contributed by atoms with Crippen LogP contribution in [0.1, 0.15) is 32.6 Å². The Kier molecular flexibility index (Phi) is 4.85. The summed E-state index contributed by atoms with van der Waals surface area (Å²) in [5.41, 5.74) is 5.98. The van der Waals surface area contributed by atoms with Crippen molar-refractivity contribution in [2.24, 2.45) is 23.5 Å². The summed E-state index contributed by atoms with van der Waals surface area (Å²) >= 11 is 0. The van der Waals surface area contributed by atoms with Crippen molar-refractivity contribution in [1.82, 2.24) is 9.80 Å². The first-order chi connectivity index (χ1) is 8.97. The van der Waals surface area contributed by atoms with Crippen molar-refractivity contribution >= 4 is 5.91 Å². The third-order valence-electron chi connectivity index (χ3n) is 4.92. The largest absolute Gasteiger partial charge is 0.345 e. The van der Waals surface area contributed by atoms with Gasteiger partial charge in [-0.15, -0.1) is 0 Å². The molecule has 4 nitrogen and oxygen atoms in total. The lowest BCUT2D eigenvalue weighted by Gasteiger charge is -2.34. The molecule has 110 valence electrons. The van der Waals surface area contributed by atoms with Crippen molar-refractivity contribution in [1.29, 1.82) is 0 Å². The van der Waals surface area contributed by atoms with Crippen molar-refractivity contribution in [3.63, 3.8) is 0 Å². The fourth-order valence-electron chi connectivity index (χ4n) is 3.74. The molecule has 0 bridgehead atoms. The zero-order chi connectivity index (χ0) is 14.0. The molecule has 0 aromatic heterocycles. The Hall–Kier alpha value is -0.610. The Labute approximate surface area is 117 Å². The lowest BCUT2D eigenvalue weighted by Crippen LogP contribution is -2.43. The summed E-state index contributed by atoms with van der Waals surface area (Å²) in [4.78, 5) is 16.9. The van der Waals surface area contributed by atoms with E-state index in [1.54, 1.807) is 0 Å². The maximum Gasteiger partial charge on any atom is 0.225 e. The lowest BCUT2D eigenvalue weighted by atomic mass is 9.77. The van der Waals surface area contributed by atoms with Gasteiger partial charge >= 0.3 is 0 Å². The summed E-state index contributed by atoms with van der Waals surface area (Å²) in [6.45, 7) is 5.39. The van der Waals surface area contributed by atoms with Crippen LogP contribution in [0, 0.1) is 17.8 Å². The van der Waals surface area contributed by atoms with Gasteiger partial charge < -0.3 is 15.5 Å². The first kappa shape index (κ1) is 14.8. The predicted octanol–water partition coefficient (Wildman–Crippen LogP) is 1.16. The Morgan fingerprint density at radius 3 is 2.68 bits per heavy atom. The van der Waals surface area contributed by atoms with Gasteiger partial charge in [-0.25, -0.2) is 0 Å². The maximum absolute atomic E-state index is 12.6. The van der Waals surface area contributed by atoms with Crippen LogP contribution in [0.3, 0.4) is 0 Å². The van der Waals surface area contributed by atoms with Crippen LogP contribution in [-0.2, 0) is 4.79 Å². The molecule has 2 rings (SSSR count). The normalized spacial score (nSPS) is 36.4. The fourth-order valence-corrected chi connectivity index (χ4v) is 3.74.